The Morgan fingerprint density at radius 2 is 0.789 bits per heavy atom. The lowest BCUT2D eigenvalue weighted by atomic mass is 9.90. The summed E-state index contributed by atoms with van der Waals surface area (Å²) in [4.78, 5) is 0. The highest BCUT2D eigenvalue weighted by atomic mass is 14.3. The smallest absolute Gasteiger partial charge is 0.00560 e. The average Bonchev–Trinajstić information content (AvgIpc) is 3.36. The highest BCUT2D eigenvalue weighted by Gasteiger charge is 2.21. The number of fused-ring (bicyclic) bond motifs is 2. The van der Waals surface area contributed by atoms with Gasteiger partial charge in [0.05, 0.1) is 0 Å². The summed E-state index contributed by atoms with van der Waals surface area (Å²) in [5.74, 6) is 1.19. The van der Waals surface area contributed by atoms with Gasteiger partial charge in [0.2, 0.25) is 0 Å². The van der Waals surface area contributed by atoms with Crippen molar-refractivity contribution in [1.82, 2.24) is 0 Å². The van der Waals surface area contributed by atoms with Crippen molar-refractivity contribution in [3.05, 3.63) is 116 Å². The molecular weight excluding hydrogens is 456 g/mol. The Kier molecular flexibility index (Phi) is 7.19. The van der Waals surface area contributed by atoms with Gasteiger partial charge in [-0.15, -0.1) is 0 Å². The zero-order valence-electron chi connectivity index (χ0n) is 24.5. The Morgan fingerprint density at radius 1 is 0.474 bits per heavy atom. The van der Waals surface area contributed by atoms with Crippen LogP contribution >= 0.6 is 0 Å². The normalized spacial score (nSPS) is 17.1. The predicted octanol–water partition coefficient (Wildman–Crippen LogP) is 11.4. The molecule has 0 amide bonds. The summed E-state index contributed by atoms with van der Waals surface area (Å²) < 4.78 is 0. The van der Waals surface area contributed by atoms with Gasteiger partial charge < -0.3 is 0 Å². The maximum Gasteiger partial charge on any atom is -0.00560 e. The molecule has 0 saturated carbocycles. The van der Waals surface area contributed by atoms with E-state index in [0.29, 0.717) is 11.8 Å². The van der Waals surface area contributed by atoms with E-state index in [0.717, 1.165) is 12.8 Å². The van der Waals surface area contributed by atoms with Crippen molar-refractivity contribution < 1.29 is 0 Å². The molecule has 0 fully saturated rings. The molecule has 38 heavy (non-hydrogen) atoms. The molecule has 0 aliphatic heterocycles. The fourth-order valence-electron chi connectivity index (χ4n) is 6.47. The fourth-order valence-corrected chi connectivity index (χ4v) is 6.47. The first-order chi connectivity index (χ1) is 18.2. The predicted molar refractivity (Wildman–Crippen MR) is 169 cm³/mol. The molecule has 5 rings (SSSR count). The molecule has 0 bridgehead atoms. The van der Waals surface area contributed by atoms with Gasteiger partial charge in [0.25, 0.3) is 0 Å². The van der Waals surface area contributed by atoms with E-state index in [4.69, 9.17) is 0 Å². The van der Waals surface area contributed by atoms with Gasteiger partial charge in [-0.2, -0.15) is 0 Å². The van der Waals surface area contributed by atoms with Crippen molar-refractivity contribution >= 4 is 33.7 Å². The Bertz CT molecular complexity index is 1440. The maximum atomic E-state index is 2.38. The molecule has 194 valence electrons. The molecule has 0 heteroatoms. The molecule has 3 aromatic rings. The van der Waals surface area contributed by atoms with Crippen molar-refractivity contribution in [3.63, 3.8) is 0 Å². The quantitative estimate of drug-likeness (QED) is 0.296. The van der Waals surface area contributed by atoms with Gasteiger partial charge in [-0.25, -0.2) is 0 Å². The van der Waals surface area contributed by atoms with Gasteiger partial charge in [-0.05, 0) is 118 Å². The van der Waals surface area contributed by atoms with Gasteiger partial charge in [-0.3, -0.25) is 0 Å². The van der Waals surface area contributed by atoms with E-state index in [-0.39, 0.29) is 0 Å². The number of hydrogen-bond acceptors (Lipinski definition) is 0. The lowest BCUT2D eigenvalue weighted by molar-refractivity contribution is 0.742. The zero-order valence-corrected chi connectivity index (χ0v) is 24.5. The molecule has 0 spiro atoms. The number of rotatable bonds is 6. The molecule has 3 aromatic carbocycles. The second-order valence-electron chi connectivity index (χ2n) is 11.8. The van der Waals surface area contributed by atoms with Crippen molar-refractivity contribution in [2.75, 3.05) is 0 Å². The topological polar surface area (TPSA) is 0 Å². The van der Waals surface area contributed by atoms with Crippen molar-refractivity contribution in [1.29, 1.82) is 0 Å². The Morgan fingerprint density at radius 3 is 1.05 bits per heavy atom. The first-order valence-electron chi connectivity index (χ1n) is 14.3. The highest BCUT2D eigenvalue weighted by molar-refractivity contribution is 6.13. The number of hydrogen-bond donors (Lipinski definition) is 0. The van der Waals surface area contributed by atoms with E-state index in [9.17, 15) is 0 Å². The van der Waals surface area contributed by atoms with Crippen LogP contribution < -0.4 is 0 Å². The van der Waals surface area contributed by atoms with Crippen LogP contribution in [0.25, 0.3) is 33.7 Å². The molecule has 0 unspecified atom stereocenters. The molecule has 2 aliphatic rings. The fraction of sp³-hybridized carbons (Fsp3) is 0.316. The van der Waals surface area contributed by atoms with Crippen molar-refractivity contribution in [2.45, 2.75) is 68.2 Å². The van der Waals surface area contributed by atoms with Crippen molar-refractivity contribution in [2.24, 2.45) is 11.8 Å². The van der Waals surface area contributed by atoms with Gasteiger partial charge in [0, 0.05) is 0 Å². The van der Waals surface area contributed by atoms with E-state index >= 15 is 0 Å². The second-order valence-corrected chi connectivity index (χ2v) is 11.8. The molecule has 0 radical (unpaired) electrons. The average molecular weight is 499 g/mol. The number of benzene rings is 3. The van der Waals surface area contributed by atoms with Gasteiger partial charge in [0.1, 0.15) is 0 Å². The van der Waals surface area contributed by atoms with E-state index < -0.39 is 0 Å². The van der Waals surface area contributed by atoms with Crippen LogP contribution in [0.1, 0.15) is 79.4 Å². The van der Waals surface area contributed by atoms with E-state index in [2.05, 4.69) is 128 Å². The third-order valence-corrected chi connectivity index (χ3v) is 9.12. The van der Waals surface area contributed by atoms with Gasteiger partial charge in [0.15, 0.2) is 0 Å². The lowest BCUT2D eigenvalue weighted by Gasteiger charge is -2.14. The lowest BCUT2D eigenvalue weighted by Crippen LogP contribution is -1.93. The molecule has 2 aliphatic carbocycles. The molecule has 0 nitrogen and oxygen atoms in total. The Balaban J connectivity index is 1.61. The summed E-state index contributed by atoms with van der Waals surface area (Å²) in [6.45, 7) is 18.4. The first kappa shape index (κ1) is 26.2. The summed E-state index contributed by atoms with van der Waals surface area (Å²) >= 11 is 0. The summed E-state index contributed by atoms with van der Waals surface area (Å²) in [6.07, 6.45) is 11.7. The molecular formula is C38H42. The van der Waals surface area contributed by atoms with Gasteiger partial charge >= 0.3 is 0 Å². The minimum atomic E-state index is 0.595. The van der Waals surface area contributed by atoms with Crippen LogP contribution in [-0.2, 0) is 0 Å². The molecule has 0 saturated heterocycles. The minimum absolute atomic E-state index is 0.595. The molecule has 0 N–H and O–H groups in total. The summed E-state index contributed by atoms with van der Waals surface area (Å²) in [5.41, 5.74) is 14.6. The Hall–Kier alpha value is -3.38. The maximum absolute atomic E-state index is 2.38. The standard InChI is InChI=1S/C38H42/c1-23(2)37-21-29(25(5)27(37)7)17-19-35-31-13-9-11-15-33(31)36(34-16-12-10-14-32(34)35)20-18-30-22-38(24(3)4)28(8)26(30)6/h9-20,23-24H,21-22H2,1-8H3/b19-17+,20-18+. The van der Waals surface area contributed by atoms with Crippen molar-refractivity contribution in [3.8, 4) is 0 Å². The summed E-state index contributed by atoms with van der Waals surface area (Å²) in [6, 6.07) is 17.9. The monoisotopic (exact) mass is 498 g/mol. The summed E-state index contributed by atoms with van der Waals surface area (Å²) in [5, 5.41) is 5.28. The molecule has 0 atom stereocenters. The van der Waals surface area contributed by atoms with Crippen LogP contribution in [0.15, 0.2) is 105 Å². The van der Waals surface area contributed by atoms with E-state index in [1.807, 2.05) is 0 Å². The largest absolute Gasteiger partial charge is 0.0616 e. The van der Waals surface area contributed by atoms with Crippen LogP contribution in [0.2, 0.25) is 0 Å². The van der Waals surface area contributed by atoms with Gasteiger partial charge in [-0.1, -0.05) is 112 Å². The first-order valence-corrected chi connectivity index (χ1v) is 14.3. The summed E-state index contributed by atoms with van der Waals surface area (Å²) in [7, 11) is 0. The SMILES string of the molecule is CC1=C(/C=C/c2c3ccccc3c(/C=C/C3=C(C)C(C)=C(C(C)C)C3)c3ccccc23)CC(C(C)C)=C1C. The zero-order chi connectivity index (χ0) is 27.1. The number of allylic oxidation sites excluding steroid dienone is 10. The van der Waals surface area contributed by atoms with Crippen LogP contribution in [0, 0.1) is 11.8 Å². The Labute approximate surface area is 229 Å². The second kappa shape index (κ2) is 10.4. The van der Waals surface area contributed by atoms with E-state index in [1.165, 1.54) is 66.1 Å². The molecule has 0 aromatic heterocycles. The highest BCUT2D eigenvalue weighted by Crippen LogP contribution is 2.40. The molecule has 0 heterocycles. The van der Waals surface area contributed by atoms with Crippen LogP contribution in [0.5, 0.6) is 0 Å². The van der Waals surface area contributed by atoms with Crippen LogP contribution in [0.3, 0.4) is 0 Å². The third kappa shape index (κ3) is 4.55. The van der Waals surface area contributed by atoms with Crippen LogP contribution in [0.4, 0.5) is 0 Å². The third-order valence-electron chi connectivity index (χ3n) is 9.12. The minimum Gasteiger partial charge on any atom is -0.0616 e. The van der Waals surface area contributed by atoms with Crippen LogP contribution in [-0.4, -0.2) is 0 Å². The van der Waals surface area contributed by atoms with E-state index in [1.54, 1.807) is 11.1 Å².